The molecule has 0 saturated carbocycles. The van der Waals surface area contributed by atoms with E-state index >= 15 is 0 Å². The van der Waals surface area contributed by atoms with Gasteiger partial charge in [0.05, 0.1) is 11.9 Å². The molecule has 0 atom stereocenters. The van der Waals surface area contributed by atoms with Gasteiger partial charge in [-0.15, -0.1) is 0 Å². The number of carbonyl (C=O) groups excluding carboxylic acids is 1. The van der Waals surface area contributed by atoms with E-state index in [1.165, 1.54) is 16.4 Å². The fourth-order valence-electron chi connectivity index (χ4n) is 2.83. The standard InChI is InChI=1S/C20H24ClFN2O3S/c1-15-14-17(21)7-10-19(15)24(28(2,26)27)13-3-4-20(25)23-12-11-16-5-8-18(22)9-6-16/h5-10,14H,3-4,11-13H2,1-2H3,(H,23,25). The number of hydrogen-bond donors (Lipinski definition) is 1. The molecule has 5 nitrogen and oxygen atoms in total. The summed E-state index contributed by atoms with van der Waals surface area (Å²) in [6.45, 7) is 2.44. The number of rotatable bonds is 9. The highest BCUT2D eigenvalue weighted by molar-refractivity contribution is 7.92. The van der Waals surface area contributed by atoms with Gasteiger partial charge < -0.3 is 5.32 Å². The van der Waals surface area contributed by atoms with Crippen molar-refractivity contribution < 1.29 is 17.6 Å². The molecule has 2 aromatic rings. The van der Waals surface area contributed by atoms with Crippen LogP contribution in [0.2, 0.25) is 5.02 Å². The summed E-state index contributed by atoms with van der Waals surface area (Å²) in [5.41, 5.74) is 2.24. The number of sulfonamides is 1. The molecule has 0 unspecified atom stereocenters. The van der Waals surface area contributed by atoms with Gasteiger partial charge in [0.2, 0.25) is 15.9 Å². The predicted octanol–water partition coefficient (Wildman–Crippen LogP) is 3.69. The zero-order valence-corrected chi connectivity index (χ0v) is 17.5. The van der Waals surface area contributed by atoms with Crippen molar-refractivity contribution in [2.45, 2.75) is 26.2 Å². The van der Waals surface area contributed by atoms with E-state index in [1.54, 1.807) is 37.3 Å². The SMILES string of the molecule is Cc1cc(Cl)ccc1N(CCCC(=O)NCCc1ccc(F)cc1)S(C)(=O)=O. The van der Waals surface area contributed by atoms with Crippen LogP contribution in [0.25, 0.3) is 0 Å². The lowest BCUT2D eigenvalue weighted by molar-refractivity contribution is -0.121. The van der Waals surface area contributed by atoms with Crippen LogP contribution in [0, 0.1) is 12.7 Å². The number of aryl methyl sites for hydroxylation is 1. The molecule has 2 rings (SSSR count). The molecule has 2 aromatic carbocycles. The fourth-order valence-corrected chi connectivity index (χ4v) is 4.08. The Morgan fingerprint density at radius 1 is 1.18 bits per heavy atom. The average molecular weight is 427 g/mol. The van der Waals surface area contributed by atoms with Crippen LogP contribution in [0.4, 0.5) is 10.1 Å². The predicted molar refractivity (Wildman–Crippen MR) is 111 cm³/mol. The minimum Gasteiger partial charge on any atom is -0.356 e. The van der Waals surface area contributed by atoms with E-state index in [4.69, 9.17) is 11.6 Å². The van der Waals surface area contributed by atoms with Gasteiger partial charge in [-0.3, -0.25) is 9.10 Å². The first-order chi connectivity index (χ1) is 13.2. The molecule has 0 aliphatic heterocycles. The van der Waals surface area contributed by atoms with E-state index in [9.17, 15) is 17.6 Å². The molecule has 28 heavy (non-hydrogen) atoms. The monoisotopic (exact) mass is 426 g/mol. The lowest BCUT2D eigenvalue weighted by atomic mass is 10.1. The molecule has 0 fully saturated rings. The first-order valence-corrected chi connectivity index (χ1v) is 11.1. The van der Waals surface area contributed by atoms with Crippen LogP contribution in [0.5, 0.6) is 0 Å². The van der Waals surface area contributed by atoms with E-state index in [0.717, 1.165) is 17.4 Å². The summed E-state index contributed by atoms with van der Waals surface area (Å²) in [5, 5.41) is 3.34. The van der Waals surface area contributed by atoms with Gasteiger partial charge >= 0.3 is 0 Å². The quantitative estimate of drug-likeness (QED) is 0.665. The van der Waals surface area contributed by atoms with Crippen LogP contribution in [-0.4, -0.2) is 33.7 Å². The van der Waals surface area contributed by atoms with E-state index in [1.807, 2.05) is 0 Å². The third-order valence-corrected chi connectivity index (χ3v) is 5.66. The zero-order chi connectivity index (χ0) is 20.7. The summed E-state index contributed by atoms with van der Waals surface area (Å²) in [7, 11) is -3.48. The van der Waals surface area contributed by atoms with Crippen molar-refractivity contribution in [3.05, 3.63) is 64.4 Å². The molecule has 8 heteroatoms. The highest BCUT2D eigenvalue weighted by Crippen LogP contribution is 2.25. The van der Waals surface area contributed by atoms with Gasteiger partial charge in [0, 0.05) is 24.5 Å². The lowest BCUT2D eigenvalue weighted by Gasteiger charge is -2.24. The number of halogens is 2. The lowest BCUT2D eigenvalue weighted by Crippen LogP contribution is -2.33. The van der Waals surface area contributed by atoms with Gasteiger partial charge in [-0.25, -0.2) is 12.8 Å². The van der Waals surface area contributed by atoms with Crippen LogP contribution in [0.1, 0.15) is 24.0 Å². The fraction of sp³-hybridized carbons (Fsp3) is 0.350. The van der Waals surface area contributed by atoms with Crippen molar-refractivity contribution in [2.24, 2.45) is 0 Å². The zero-order valence-electron chi connectivity index (χ0n) is 15.9. The van der Waals surface area contributed by atoms with E-state index < -0.39 is 10.0 Å². The summed E-state index contributed by atoms with van der Waals surface area (Å²) in [6.07, 6.45) is 2.34. The molecule has 1 N–H and O–H groups in total. The second kappa shape index (κ2) is 9.89. The molecule has 0 bridgehead atoms. The molecule has 0 aliphatic carbocycles. The smallest absolute Gasteiger partial charge is 0.232 e. The number of nitrogens with zero attached hydrogens (tertiary/aromatic N) is 1. The van der Waals surface area contributed by atoms with Crippen molar-refractivity contribution in [3.8, 4) is 0 Å². The van der Waals surface area contributed by atoms with Crippen LogP contribution in [-0.2, 0) is 21.2 Å². The number of carbonyl (C=O) groups is 1. The molecule has 0 spiro atoms. The van der Waals surface area contributed by atoms with Gasteiger partial charge in [0.15, 0.2) is 0 Å². The Labute approximate surface area is 170 Å². The number of amides is 1. The summed E-state index contributed by atoms with van der Waals surface area (Å²) in [5.74, 6) is -0.442. The van der Waals surface area contributed by atoms with E-state index in [0.29, 0.717) is 30.1 Å². The highest BCUT2D eigenvalue weighted by atomic mass is 35.5. The number of hydrogen-bond acceptors (Lipinski definition) is 3. The Hall–Kier alpha value is -2.12. The van der Waals surface area contributed by atoms with E-state index in [-0.39, 0.29) is 24.7 Å². The number of benzene rings is 2. The van der Waals surface area contributed by atoms with Gasteiger partial charge in [-0.1, -0.05) is 23.7 Å². The van der Waals surface area contributed by atoms with Gasteiger partial charge in [-0.2, -0.15) is 0 Å². The molecular weight excluding hydrogens is 403 g/mol. The Morgan fingerprint density at radius 2 is 1.86 bits per heavy atom. The van der Waals surface area contributed by atoms with Crippen molar-refractivity contribution in [2.75, 3.05) is 23.7 Å². The Bertz CT molecular complexity index is 918. The molecule has 0 heterocycles. The van der Waals surface area contributed by atoms with Crippen molar-refractivity contribution in [1.29, 1.82) is 0 Å². The van der Waals surface area contributed by atoms with Crippen molar-refractivity contribution >= 4 is 33.2 Å². The molecule has 0 saturated heterocycles. The van der Waals surface area contributed by atoms with Crippen LogP contribution in [0.3, 0.4) is 0 Å². The van der Waals surface area contributed by atoms with E-state index in [2.05, 4.69) is 5.32 Å². The minimum absolute atomic E-state index is 0.150. The molecule has 0 radical (unpaired) electrons. The number of anilines is 1. The first kappa shape index (κ1) is 22.2. The molecule has 0 aromatic heterocycles. The van der Waals surface area contributed by atoms with Gasteiger partial charge in [0.25, 0.3) is 0 Å². The Balaban J connectivity index is 1.84. The Kier molecular flexibility index (Phi) is 7.83. The third-order valence-electron chi connectivity index (χ3n) is 4.24. The minimum atomic E-state index is -3.48. The van der Waals surface area contributed by atoms with Crippen LogP contribution in [0.15, 0.2) is 42.5 Å². The van der Waals surface area contributed by atoms with Gasteiger partial charge in [0.1, 0.15) is 5.82 Å². The largest absolute Gasteiger partial charge is 0.356 e. The molecule has 152 valence electrons. The van der Waals surface area contributed by atoms with Crippen molar-refractivity contribution in [1.82, 2.24) is 5.32 Å². The maximum absolute atomic E-state index is 12.9. The summed E-state index contributed by atoms with van der Waals surface area (Å²) in [4.78, 5) is 12.0. The third kappa shape index (κ3) is 6.80. The Morgan fingerprint density at radius 3 is 2.46 bits per heavy atom. The maximum Gasteiger partial charge on any atom is 0.232 e. The number of nitrogens with one attached hydrogen (secondary N) is 1. The van der Waals surface area contributed by atoms with Gasteiger partial charge in [-0.05, 0) is 61.2 Å². The van der Waals surface area contributed by atoms with Crippen molar-refractivity contribution in [3.63, 3.8) is 0 Å². The molecule has 1 amide bonds. The second-order valence-corrected chi connectivity index (χ2v) is 8.94. The molecular formula is C20H24ClFN2O3S. The summed E-state index contributed by atoms with van der Waals surface area (Å²) in [6, 6.07) is 11.1. The first-order valence-electron chi connectivity index (χ1n) is 8.92. The highest BCUT2D eigenvalue weighted by Gasteiger charge is 2.19. The summed E-state index contributed by atoms with van der Waals surface area (Å²) < 4.78 is 38.5. The maximum atomic E-state index is 12.9. The topological polar surface area (TPSA) is 66.5 Å². The second-order valence-electron chi connectivity index (χ2n) is 6.60. The summed E-state index contributed by atoms with van der Waals surface area (Å²) >= 11 is 5.94. The normalized spacial score (nSPS) is 11.3. The average Bonchev–Trinajstić information content (AvgIpc) is 2.60. The molecule has 0 aliphatic rings. The van der Waals surface area contributed by atoms with Crippen LogP contribution < -0.4 is 9.62 Å². The van der Waals surface area contributed by atoms with Crippen LogP contribution >= 0.6 is 11.6 Å².